The number of hydrogen-bond donors (Lipinski definition) is 1. The van der Waals surface area contributed by atoms with E-state index in [1.54, 1.807) is 17.5 Å². The fourth-order valence-corrected chi connectivity index (χ4v) is 4.87. The van der Waals surface area contributed by atoms with Crippen molar-refractivity contribution in [2.24, 2.45) is 5.92 Å². The molecule has 0 spiro atoms. The van der Waals surface area contributed by atoms with Gasteiger partial charge in [0.2, 0.25) is 0 Å². The second-order valence-corrected chi connectivity index (χ2v) is 10.5. The Hall–Kier alpha value is -2.68. The number of aldehydes is 1. The van der Waals surface area contributed by atoms with E-state index in [1.165, 1.54) is 15.8 Å². The Morgan fingerprint density at radius 2 is 1.83 bits per heavy atom. The third-order valence-electron chi connectivity index (χ3n) is 6.00. The zero-order chi connectivity index (χ0) is 27.1. The molecule has 1 aromatic carbocycles. The van der Waals surface area contributed by atoms with Gasteiger partial charge in [0.05, 0.1) is 10.2 Å². The molecule has 7 nitrogen and oxygen atoms in total. The first kappa shape index (κ1) is 31.4. The maximum absolute atomic E-state index is 10.5. The lowest BCUT2D eigenvalue weighted by Crippen LogP contribution is -2.46. The van der Waals surface area contributed by atoms with E-state index in [1.807, 2.05) is 19.1 Å². The summed E-state index contributed by atoms with van der Waals surface area (Å²) in [6, 6.07) is 10.6. The topological polar surface area (TPSA) is 86.6 Å². The Labute approximate surface area is 220 Å². The number of aliphatic hydroxyl groups excluding tert-OH is 1. The Morgan fingerprint density at radius 1 is 1.17 bits per heavy atom. The van der Waals surface area contributed by atoms with Gasteiger partial charge >= 0.3 is 0 Å². The number of aliphatic hydroxyl groups is 1. The van der Waals surface area contributed by atoms with E-state index < -0.39 is 0 Å². The van der Waals surface area contributed by atoms with E-state index in [4.69, 9.17) is 14.9 Å². The molecule has 8 heteroatoms. The molecule has 1 fully saturated rings. The van der Waals surface area contributed by atoms with Gasteiger partial charge in [-0.05, 0) is 82.4 Å². The highest BCUT2D eigenvalue weighted by molar-refractivity contribution is 7.22. The summed E-state index contributed by atoms with van der Waals surface area (Å²) < 4.78 is 1.26. The number of aryl methyl sites for hydroxylation is 1. The molecule has 3 heterocycles. The summed E-state index contributed by atoms with van der Waals surface area (Å²) in [5, 5.41) is 8.05. The van der Waals surface area contributed by atoms with Gasteiger partial charge in [-0.15, -0.1) is 0 Å². The van der Waals surface area contributed by atoms with Gasteiger partial charge in [-0.1, -0.05) is 30.4 Å². The van der Waals surface area contributed by atoms with Crippen molar-refractivity contribution in [3.8, 4) is 0 Å². The predicted molar refractivity (Wildman–Crippen MR) is 151 cm³/mol. The average molecular weight is 515 g/mol. The van der Waals surface area contributed by atoms with Crippen molar-refractivity contribution in [1.82, 2.24) is 14.9 Å². The largest absolute Gasteiger partial charge is 0.400 e. The number of anilines is 1. The number of benzene rings is 1. The number of nitrogens with zero attached hydrogens (tertiary/aromatic N) is 4. The maximum Gasteiger partial charge on any atom is 0.186 e. The molecule has 1 N–H and O–H groups in total. The zero-order valence-electron chi connectivity index (χ0n) is 22.6. The van der Waals surface area contributed by atoms with Crippen molar-refractivity contribution in [3.05, 3.63) is 53.9 Å². The highest BCUT2D eigenvalue weighted by Gasteiger charge is 2.26. The summed E-state index contributed by atoms with van der Waals surface area (Å²) in [5.41, 5.74) is 3.92. The molecule has 0 bridgehead atoms. The lowest BCUT2D eigenvalue weighted by Gasteiger charge is -2.39. The Kier molecular flexibility index (Phi) is 14.1. The van der Waals surface area contributed by atoms with E-state index in [2.05, 4.69) is 73.8 Å². The minimum Gasteiger partial charge on any atom is -0.400 e. The molecular formula is C28H42N4O3S. The number of hydrogen-bond acceptors (Lipinski definition) is 8. The van der Waals surface area contributed by atoms with Gasteiger partial charge in [-0.3, -0.25) is 9.88 Å². The molecule has 1 aliphatic heterocycles. The third kappa shape index (κ3) is 9.76. The van der Waals surface area contributed by atoms with Gasteiger partial charge in [0, 0.05) is 44.6 Å². The minimum atomic E-state index is 0.272. The van der Waals surface area contributed by atoms with E-state index in [0.717, 1.165) is 62.9 Å². The molecule has 0 saturated carbocycles. The number of pyridine rings is 1. The van der Waals surface area contributed by atoms with Crippen molar-refractivity contribution < 1.29 is 14.7 Å². The second-order valence-electron chi connectivity index (χ2n) is 9.50. The van der Waals surface area contributed by atoms with Crippen molar-refractivity contribution in [2.75, 3.05) is 32.1 Å². The maximum atomic E-state index is 10.5. The standard InChI is InChI=1S/C16H17N3S.C10H19NO.CH4O.CH2O/c1-3-12-6-7-14-15(9-12)20-16(18-14)19(2)11-13-5-4-8-17-10-13;1-10(2,3)11-6-4-9(8-12)5-7-11;2*1-2/h4-10H,3,11H2,1-2H3;8-9H,4-7H2,1-3H3;2H,1H3;1H2. The summed E-state index contributed by atoms with van der Waals surface area (Å²) in [7, 11) is 3.07. The molecule has 0 radical (unpaired) electrons. The lowest BCUT2D eigenvalue weighted by atomic mass is 9.94. The van der Waals surface area contributed by atoms with Crippen LogP contribution in [0.2, 0.25) is 0 Å². The van der Waals surface area contributed by atoms with Crippen molar-refractivity contribution in [1.29, 1.82) is 0 Å². The lowest BCUT2D eigenvalue weighted by molar-refractivity contribution is -0.112. The van der Waals surface area contributed by atoms with E-state index >= 15 is 0 Å². The Morgan fingerprint density at radius 3 is 2.36 bits per heavy atom. The minimum absolute atomic E-state index is 0.272. The van der Waals surface area contributed by atoms with E-state index in [-0.39, 0.29) is 5.54 Å². The van der Waals surface area contributed by atoms with Crippen LogP contribution in [0.3, 0.4) is 0 Å². The number of piperidine rings is 1. The predicted octanol–water partition coefficient (Wildman–Crippen LogP) is 5.01. The molecule has 0 aliphatic carbocycles. The van der Waals surface area contributed by atoms with Crippen molar-refractivity contribution in [3.63, 3.8) is 0 Å². The van der Waals surface area contributed by atoms with E-state index in [9.17, 15) is 4.79 Å². The molecular weight excluding hydrogens is 472 g/mol. The van der Waals surface area contributed by atoms with Crippen LogP contribution < -0.4 is 4.90 Å². The summed E-state index contributed by atoms with van der Waals surface area (Å²) in [6.07, 6.45) is 7.96. The van der Waals surface area contributed by atoms with Gasteiger partial charge in [0.15, 0.2) is 5.13 Å². The number of thiazole rings is 1. The van der Waals surface area contributed by atoms with Crippen LogP contribution in [0.25, 0.3) is 10.2 Å². The van der Waals surface area contributed by atoms with Gasteiger partial charge in [-0.25, -0.2) is 4.98 Å². The number of rotatable bonds is 5. The first-order valence-electron chi connectivity index (χ1n) is 12.2. The van der Waals surface area contributed by atoms with Gasteiger partial charge in [0.25, 0.3) is 0 Å². The molecule has 0 amide bonds. The molecule has 3 aromatic rings. The summed E-state index contributed by atoms with van der Waals surface area (Å²) in [5.74, 6) is 0.323. The van der Waals surface area contributed by atoms with E-state index in [0.29, 0.717) is 5.92 Å². The number of fused-ring (bicyclic) bond motifs is 1. The van der Waals surface area contributed by atoms with Crippen LogP contribution in [-0.4, -0.2) is 65.8 Å². The first-order valence-corrected chi connectivity index (χ1v) is 13.0. The van der Waals surface area contributed by atoms with Gasteiger partial charge in [-0.2, -0.15) is 0 Å². The number of carbonyl (C=O) groups excluding carboxylic acids is 2. The molecule has 1 saturated heterocycles. The van der Waals surface area contributed by atoms with Gasteiger partial charge < -0.3 is 19.6 Å². The monoisotopic (exact) mass is 514 g/mol. The Balaban J connectivity index is 0.000000348. The summed E-state index contributed by atoms with van der Waals surface area (Å²) in [4.78, 5) is 32.0. The van der Waals surface area contributed by atoms with Crippen LogP contribution in [-0.2, 0) is 22.6 Å². The molecule has 198 valence electrons. The van der Waals surface area contributed by atoms with Crippen molar-refractivity contribution in [2.45, 2.75) is 59.0 Å². The molecule has 36 heavy (non-hydrogen) atoms. The number of likely N-dealkylation sites (tertiary alicyclic amines) is 1. The van der Waals surface area contributed by atoms with Crippen LogP contribution in [0.4, 0.5) is 5.13 Å². The zero-order valence-corrected chi connectivity index (χ0v) is 23.4. The molecule has 0 unspecified atom stereocenters. The number of aromatic nitrogens is 2. The fraction of sp³-hybridized carbons (Fsp3) is 0.500. The fourth-order valence-electron chi connectivity index (χ4n) is 3.88. The highest BCUT2D eigenvalue weighted by atomic mass is 32.1. The molecule has 4 rings (SSSR count). The molecule has 2 aromatic heterocycles. The summed E-state index contributed by atoms with van der Waals surface area (Å²) in [6.45, 7) is 13.8. The van der Waals surface area contributed by atoms with Crippen LogP contribution in [0, 0.1) is 5.92 Å². The molecule has 1 aliphatic rings. The number of carbonyl (C=O) groups is 2. The quantitative estimate of drug-likeness (QED) is 0.479. The Bertz CT molecular complexity index is 1010. The van der Waals surface area contributed by atoms with Crippen LogP contribution >= 0.6 is 11.3 Å². The SMILES string of the molecule is C=O.CC(C)(C)N1CCC(C=O)CC1.CCc1ccc2nc(N(C)Cc3cccnc3)sc2c1.CO. The average Bonchev–Trinajstić information content (AvgIpc) is 3.35. The van der Waals surface area contributed by atoms with Crippen LogP contribution in [0.15, 0.2) is 42.7 Å². The van der Waals surface area contributed by atoms with Crippen LogP contribution in [0.1, 0.15) is 51.7 Å². The molecule has 0 atom stereocenters. The first-order chi connectivity index (χ1) is 17.3. The third-order valence-corrected chi connectivity index (χ3v) is 7.13. The van der Waals surface area contributed by atoms with Gasteiger partial charge in [0.1, 0.15) is 13.1 Å². The normalized spacial score (nSPS) is 13.9. The highest BCUT2D eigenvalue weighted by Crippen LogP contribution is 2.29. The summed E-state index contributed by atoms with van der Waals surface area (Å²) >= 11 is 1.75. The van der Waals surface area contributed by atoms with Crippen molar-refractivity contribution >= 4 is 39.8 Å². The second kappa shape index (κ2) is 16.1. The van der Waals surface area contributed by atoms with Crippen LogP contribution in [0.5, 0.6) is 0 Å². The smallest absolute Gasteiger partial charge is 0.186 e.